The SMILES string of the molecule is Cc1ccc(Cl)cc1OC(=O)CN1CCCNC1=O. The normalized spacial score (nSPS) is 15.1. The van der Waals surface area contributed by atoms with Crippen LogP contribution in [0.15, 0.2) is 18.2 Å². The summed E-state index contributed by atoms with van der Waals surface area (Å²) >= 11 is 5.85. The molecule has 0 aromatic heterocycles. The van der Waals surface area contributed by atoms with Crippen LogP contribution in [0.4, 0.5) is 4.79 Å². The van der Waals surface area contributed by atoms with E-state index in [1.807, 2.05) is 6.92 Å². The molecule has 1 saturated heterocycles. The minimum absolute atomic E-state index is 0.0578. The number of halogens is 1. The van der Waals surface area contributed by atoms with Gasteiger partial charge in [0.2, 0.25) is 0 Å². The Labute approximate surface area is 116 Å². The maximum absolute atomic E-state index is 11.8. The number of carbonyl (C=O) groups excluding carboxylic acids is 2. The second-order valence-corrected chi connectivity index (χ2v) is 4.83. The number of hydrogen-bond acceptors (Lipinski definition) is 3. The highest BCUT2D eigenvalue weighted by Crippen LogP contribution is 2.22. The van der Waals surface area contributed by atoms with E-state index in [1.54, 1.807) is 18.2 Å². The van der Waals surface area contributed by atoms with Gasteiger partial charge in [-0.3, -0.25) is 0 Å². The lowest BCUT2D eigenvalue weighted by Gasteiger charge is -2.26. The van der Waals surface area contributed by atoms with Crippen molar-refractivity contribution in [2.24, 2.45) is 0 Å². The second-order valence-electron chi connectivity index (χ2n) is 4.39. The summed E-state index contributed by atoms with van der Waals surface area (Å²) in [6.45, 7) is 2.98. The van der Waals surface area contributed by atoms with Gasteiger partial charge in [0.25, 0.3) is 0 Å². The summed E-state index contributed by atoms with van der Waals surface area (Å²) in [6, 6.07) is 4.86. The average Bonchev–Trinajstić information content (AvgIpc) is 2.37. The molecule has 1 heterocycles. The third kappa shape index (κ3) is 3.61. The molecule has 0 saturated carbocycles. The van der Waals surface area contributed by atoms with Gasteiger partial charge < -0.3 is 15.0 Å². The Bertz CT molecular complexity index is 505. The van der Waals surface area contributed by atoms with Crippen LogP contribution < -0.4 is 10.1 Å². The lowest BCUT2D eigenvalue weighted by Crippen LogP contribution is -2.48. The van der Waals surface area contributed by atoms with Crippen molar-refractivity contribution in [2.45, 2.75) is 13.3 Å². The molecule has 1 aliphatic rings. The van der Waals surface area contributed by atoms with Crippen molar-refractivity contribution in [3.05, 3.63) is 28.8 Å². The number of benzene rings is 1. The first kappa shape index (κ1) is 13.7. The number of nitrogens with zero attached hydrogens (tertiary/aromatic N) is 1. The van der Waals surface area contributed by atoms with Gasteiger partial charge in [-0.2, -0.15) is 0 Å². The summed E-state index contributed by atoms with van der Waals surface area (Å²) in [5, 5.41) is 3.18. The number of esters is 1. The Balaban J connectivity index is 1.97. The fraction of sp³-hybridized carbons (Fsp3) is 0.385. The Morgan fingerprint density at radius 2 is 2.32 bits per heavy atom. The van der Waals surface area contributed by atoms with Crippen LogP contribution in [-0.4, -0.2) is 36.5 Å². The minimum Gasteiger partial charge on any atom is -0.425 e. The molecule has 102 valence electrons. The molecule has 19 heavy (non-hydrogen) atoms. The number of aryl methyl sites for hydroxylation is 1. The smallest absolute Gasteiger partial charge is 0.331 e. The van der Waals surface area contributed by atoms with Crippen molar-refractivity contribution in [2.75, 3.05) is 19.6 Å². The highest BCUT2D eigenvalue weighted by Gasteiger charge is 2.21. The van der Waals surface area contributed by atoms with E-state index in [0.717, 1.165) is 12.0 Å². The molecule has 0 aliphatic carbocycles. The zero-order chi connectivity index (χ0) is 13.8. The van der Waals surface area contributed by atoms with E-state index in [2.05, 4.69) is 5.32 Å². The summed E-state index contributed by atoms with van der Waals surface area (Å²) in [5.74, 6) is -0.0441. The van der Waals surface area contributed by atoms with Crippen LogP contribution in [0.3, 0.4) is 0 Å². The highest BCUT2D eigenvalue weighted by molar-refractivity contribution is 6.30. The van der Waals surface area contributed by atoms with Crippen LogP contribution in [0.2, 0.25) is 5.02 Å². The molecular formula is C13H15ClN2O3. The number of carbonyl (C=O) groups is 2. The van der Waals surface area contributed by atoms with Crippen molar-refractivity contribution >= 4 is 23.6 Å². The zero-order valence-electron chi connectivity index (χ0n) is 10.6. The third-order valence-electron chi connectivity index (χ3n) is 2.86. The molecule has 1 aromatic rings. The van der Waals surface area contributed by atoms with E-state index in [-0.39, 0.29) is 12.6 Å². The van der Waals surface area contributed by atoms with Crippen LogP contribution >= 0.6 is 11.6 Å². The van der Waals surface area contributed by atoms with Gasteiger partial charge in [0.1, 0.15) is 12.3 Å². The number of ether oxygens (including phenoxy) is 1. The van der Waals surface area contributed by atoms with Crippen molar-refractivity contribution in [3.63, 3.8) is 0 Å². The number of urea groups is 1. The summed E-state index contributed by atoms with van der Waals surface area (Å²) in [5.41, 5.74) is 0.820. The van der Waals surface area contributed by atoms with Crippen molar-refractivity contribution in [1.82, 2.24) is 10.2 Å². The van der Waals surface area contributed by atoms with Crippen LogP contribution in [0.5, 0.6) is 5.75 Å². The predicted molar refractivity (Wildman–Crippen MR) is 71.4 cm³/mol. The third-order valence-corrected chi connectivity index (χ3v) is 3.10. The van der Waals surface area contributed by atoms with Gasteiger partial charge in [-0.15, -0.1) is 0 Å². The van der Waals surface area contributed by atoms with E-state index in [4.69, 9.17) is 16.3 Å². The number of hydrogen-bond donors (Lipinski definition) is 1. The minimum atomic E-state index is -0.470. The monoisotopic (exact) mass is 282 g/mol. The number of rotatable bonds is 3. The van der Waals surface area contributed by atoms with E-state index >= 15 is 0 Å². The molecule has 2 amide bonds. The van der Waals surface area contributed by atoms with Gasteiger partial charge in [0, 0.05) is 18.1 Å². The molecule has 1 aliphatic heterocycles. The number of amides is 2. The van der Waals surface area contributed by atoms with Gasteiger partial charge in [-0.05, 0) is 31.0 Å². The summed E-state index contributed by atoms with van der Waals surface area (Å²) < 4.78 is 5.23. The molecule has 1 aromatic carbocycles. The zero-order valence-corrected chi connectivity index (χ0v) is 11.4. The Morgan fingerprint density at radius 3 is 3.05 bits per heavy atom. The number of nitrogens with one attached hydrogen (secondary N) is 1. The topological polar surface area (TPSA) is 58.6 Å². The molecule has 5 nitrogen and oxygen atoms in total. The molecule has 0 atom stereocenters. The standard InChI is InChI=1S/C13H15ClN2O3/c1-9-3-4-10(14)7-11(9)19-12(17)8-16-6-2-5-15-13(16)18/h3-4,7H,2,5-6,8H2,1H3,(H,15,18). The van der Waals surface area contributed by atoms with E-state index in [0.29, 0.717) is 23.9 Å². The largest absolute Gasteiger partial charge is 0.425 e. The maximum atomic E-state index is 11.8. The Morgan fingerprint density at radius 1 is 1.53 bits per heavy atom. The summed E-state index contributed by atoms with van der Waals surface area (Å²) in [4.78, 5) is 24.7. The first-order chi connectivity index (χ1) is 9.06. The maximum Gasteiger partial charge on any atom is 0.331 e. The van der Waals surface area contributed by atoms with Gasteiger partial charge in [-0.25, -0.2) is 9.59 Å². The van der Waals surface area contributed by atoms with Gasteiger partial charge in [0.05, 0.1) is 0 Å². The van der Waals surface area contributed by atoms with Crippen LogP contribution in [0.1, 0.15) is 12.0 Å². The van der Waals surface area contributed by atoms with Gasteiger partial charge in [-0.1, -0.05) is 17.7 Å². The second kappa shape index (κ2) is 5.93. The van der Waals surface area contributed by atoms with Crippen LogP contribution in [0.25, 0.3) is 0 Å². The Kier molecular flexibility index (Phi) is 4.27. The van der Waals surface area contributed by atoms with E-state index < -0.39 is 5.97 Å². The van der Waals surface area contributed by atoms with Crippen molar-refractivity contribution < 1.29 is 14.3 Å². The molecule has 0 bridgehead atoms. The van der Waals surface area contributed by atoms with Gasteiger partial charge in [0.15, 0.2) is 0 Å². The quantitative estimate of drug-likeness (QED) is 0.681. The van der Waals surface area contributed by atoms with E-state index in [1.165, 1.54) is 4.90 Å². The first-order valence-corrected chi connectivity index (χ1v) is 6.43. The van der Waals surface area contributed by atoms with Crippen LogP contribution in [0, 0.1) is 6.92 Å². The molecule has 0 spiro atoms. The van der Waals surface area contributed by atoms with Crippen LogP contribution in [-0.2, 0) is 4.79 Å². The molecule has 0 unspecified atom stereocenters. The molecular weight excluding hydrogens is 268 g/mol. The molecule has 1 N–H and O–H groups in total. The fourth-order valence-corrected chi connectivity index (χ4v) is 1.99. The molecule has 6 heteroatoms. The average molecular weight is 283 g/mol. The Hall–Kier alpha value is -1.75. The van der Waals surface area contributed by atoms with Crippen molar-refractivity contribution in [1.29, 1.82) is 0 Å². The van der Waals surface area contributed by atoms with Crippen molar-refractivity contribution in [3.8, 4) is 5.75 Å². The lowest BCUT2D eigenvalue weighted by atomic mass is 10.2. The van der Waals surface area contributed by atoms with Gasteiger partial charge >= 0.3 is 12.0 Å². The molecule has 2 rings (SSSR count). The molecule has 1 fully saturated rings. The predicted octanol–water partition coefficient (Wildman–Crippen LogP) is 1.97. The first-order valence-electron chi connectivity index (χ1n) is 6.06. The highest BCUT2D eigenvalue weighted by atomic mass is 35.5. The summed E-state index contributed by atoms with van der Waals surface area (Å²) in [6.07, 6.45) is 0.829. The summed E-state index contributed by atoms with van der Waals surface area (Å²) in [7, 11) is 0. The van der Waals surface area contributed by atoms with E-state index in [9.17, 15) is 9.59 Å². The molecule has 0 radical (unpaired) electrons. The lowest BCUT2D eigenvalue weighted by molar-refractivity contribution is -0.135. The fourth-order valence-electron chi connectivity index (χ4n) is 1.82.